The average molecular weight is 283 g/mol. The predicted octanol–water partition coefficient (Wildman–Crippen LogP) is 1.64. The minimum absolute atomic E-state index is 0.114. The Kier molecular flexibility index (Phi) is 3.11. The van der Waals surface area contributed by atoms with E-state index in [1.54, 1.807) is 12.1 Å². The van der Waals surface area contributed by atoms with E-state index in [4.69, 9.17) is 16.7 Å². The Balaban J connectivity index is 1.84. The molecule has 1 saturated heterocycles. The van der Waals surface area contributed by atoms with Gasteiger partial charge in [0.15, 0.2) is 5.69 Å². The monoisotopic (exact) mass is 282 g/mol. The second-order valence-electron chi connectivity index (χ2n) is 5.28. The minimum atomic E-state index is -1.12. The zero-order chi connectivity index (χ0) is 13.6. The van der Waals surface area contributed by atoms with Crippen molar-refractivity contribution in [2.75, 3.05) is 18.0 Å². The number of aliphatic hydroxyl groups excluding tert-OH is 1. The normalized spacial score (nSPS) is 29.6. The Morgan fingerprint density at radius 2 is 2.16 bits per heavy atom. The molecule has 2 aliphatic rings. The zero-order valence-corrected chi connectivity index (χ0v) is 11.0. The molecule has 1 aromatic rings. The molecule has 2 fully saturated rings. The Morgan fingerprint density at radius 1 is 1.37 bits per heavy atom. The highest BCUT2D eigenvalue weighted by molar-refractivity contribution is 6.33. The minimum Gasteiger partial charge on any atom is -0.476 e. The Morgan fingerprint density at radius 3 is 2.84 bits per heavy atom. The van der Waals surface area contributed by atoms with Crippen LogP contribution in [0.5, 0.6) is 0 Å². The second-order valence-corrected chi connectivity index (χ2v) is 5.69. The number of carboxylic acid groups (broad SMARTS) is 1. The summed E-state index contributed by atoms with van der Waals surface area (Å²) in [5, 5.41) is 19.1. The molecule has 5 nitrogen and oxygen atoms in total. The highest BCUT2D eigenvalue weighted by Crippen LogP contribution is 2.39. The fourth-order valence-corrected chi connectivity index (χ4v) is 3.37. The number of aromatic carboxylic acids is 1. The highest BCUT2D eigenvalue weighted by atomic mass is 35.5. The third kappa shape index (κ3) is 2.17. The molecule has 6 heteroatoms. The van der Waals surface area contributed by atoms with Crippen LogP contribution in [0.1, 0.15) is 23.3 Å². The van der Waals surface area contributed by atoms with Crippen LogP contribution in [0.3, 0.4) is 0 Å². The van der Waals surface area contributed by atoms with E-state index in [1.165, 1.54) is 0 Å². The molecule has 1 aliphatic carbocycles. The van der Waals surface area contributed by atoms with E-state index < -0.39 is 5.97 Å². The van der Waals surface area contributed by atoms with Crippen LogP contribution in [0.4, 0.5) is 5.82 Å². The van der Waals surface area contributed by atoms with Crippen molar-refractivity contribution in [1.82, 2.24) is 4.98 Å². The van der Waals surface area contributed by atoms with Crippen LogP contribution in [0.15, 0.2) is 12.1 Å². The van der Waals surface area contributed by atoms with Crippen LogP contribution in [-0.2, 0) is 0 Å². The summed E-state index contributed by atoms with van der Waals surface area (Å²) >= 11 is 5.82. The first-order valence-corrected chi connectivity index (χ1v) is 6.77. The number of hydrogen-bond donors (Lipinski definition) is 2. The van der Waals surface area contributed by atoms with Crippen LogP contribution in [0, 0.1) is 11.8 Å². The molecule has 1 aliphatic heterocycles. The quantitative estimate of drug-likeness (QED) is 0.863. The van der Waals surface area contributed by atoms with Crippen molar-refractivity contribution < 1.29 is 15.0 Å². The van der Waals surface area contributed by atoms with Crippen molar-refractivity contribution in [3.63, 3.8) is 0 Å². The smallest absolute Gasteiger partial charge is 0.356 e. The number of carbonyl (C=O) groups is 1. The Labute approximate surface area is 115 Å². The maximum Gasteiger partial charge on any atom is 0.356 e. The summed E-state index contributed by atoms with van der Waals surface area (Å²) in [5.41, 5.74) is -0.114. The van der Waals surface area contributed by atoms with Crippen LogP contribution >= 0.6 is 11.6 Å². The molecule has 0 spiro atoms. The number of aliphatic hydroxyl groups is 1. The predicted molar refractivity (Wildman–Crippen MR) is 70.6 cm³/mol. The number of aromatic nitrogens is 1. The van der Waals surface area contributed by atoms with E-state index in [9.17, 15) is 9.90 Å². The number of fused-ring (bicyclic) bond motifs is 1. The van der Waals surface area contributed by atoms with E-state index >= 15 is 0 Å². The zero-order valence-electron chi connectivity index (χ0n) is 10.3. The topological polar surface area (TPSA) is 73.7 Å². The number of nitrogens with zero attached hydrogens (tertiary/aromatic N) is 2. The fourth-order valence-electron chi connectivity index (χ4n) is 3.18. The van der Waals surface area contributed by atoms with Crippen molar-refractivity contribution >= 4 is 23.4 Å². The molecule has 19 heavy (non-hydrogen) atoms. The summed E-state index contributed by atoms with van der Waals surface area (Å²) in [6.45, 7) is 1.56. The molecule has 3 unspecified atom stereocenters. The van der Waals surface area contributed by atoms with E-state index in [0.717, 1.165) is 25.9 Å². The molecular weight excluding hydrogens is 268 g/mol. The molecule has 0 bridgehead atoms. The molecule has 102 valence electrons. The lowest BCUT2D eigenvalue weighted by Gasteiger charge is -2.19. The molecule has 3 atom stereocenters. The van der Waals surface area contributed by atoms with Crippen molar-refractivity contribution in [2.24, 2.45) is 11.8 Å². The first-order valence-electron chi connectivity index (χ1n) is 6.39. The van der Waals surface area contributed by atoms with Crippen molar-refractivity contribution in [2.45, 2.75) is 18.9 Å². The molecule has 0 aromatic carbocycles. The standard InChI is InChI=1S/C13H15ClN2O3/c14-9-2-4-11(15-12(9)13(18)19)16-5-7-1-3-10(17)8(7)6-16/h2,4,7-8,10,17H,1,3,5-6H2,(H,18,19). The van der Waals surface area contributed by atoms with Gasteiger partial charge in [-0.2, -0.15) is 0 Å². The van der Waals surface area contributed by atoms with E-state index in [1.807, 2.05) is 4.90 Å². The van der Waals surface area contributed by atoms with Crippen LogP contribution < -0.4 is 4.90 Å². The summed E-state index contributed by atoms with van der Waals surface area (Å²) in [5.74, 6) is 0.279. The van der Waals surface area contributed by atoms with E-state index in [0.29, 0.717) is 11.7 Å². The van der Waals surface area contributed by atoms with Crippen molar-refractivity contribution in [1.29, 1.82) is 0 Å². The van der Waals surface area contributed by atoms with Gasteiger partial charge < -0.3 is 15.1 Å². The summed E-state index contributed by atoms with van der Waals surface area (Å²) in [4.78, 5) is 17.2. The lowest BCUT2D eigenvalue weighted by molar-refractivity contribution is 0.0690. The molecular formula is C13H15ClN2O3. The highest BCUT2D eigenvalue weighted by Gasteiger charge is 2.42. The van der Waals surface area contributed by atoms with Gasteiger partial charge in [0, 0.05) is 19.0 Å². The first kappa shape index (κ1) is 12.7. The summed E-state index contributed by atoms with van der Waals surface area (Å²) in [6.07, 6.45) is 1.67. The van der Waals surface area contributed by atoms with Gasteiger partial charge in [0.1, 0.15) is 5.82 Å². The van der Waals surface area contributed by atoms with Gasteiger partial charge in [-0.3, -0.25) is 0 Å². The SMILES string of the molecule is O=C(O)c1nc(N2CC3CCC(O)C3C2)ccc1Cl. The first-order chi connectivity index (χ1) is 9.06. The van der Waals surface area contributed by atoms with Gasteiger partial charge in [-0.1, -0.05) is 11.6 Å². The van der Waals surface area contributed by atoms with E-state index in [2.05, 4.69) is 4.98 Å². The molecule has 2 heterocycles. The van der Waals surface area contributed by atoms with Crippen molar-refractivity contribution in [3.8, 4) is 0 Å². The second kappa shape index (κ2) is 4.65. The number of rotatable bonds is 2. The van der Waals surface area contributed by atoms with Crippen molar-refractivity contribution in [3.05, 3.63) is 22.8 Å². The molecule has 0 amide bonds. The number of hydrogen-bond acceptors (Lipinski definition) is 4. The van der Waals surface area contributed by atoms with Gasteiger partial charge >= 0.3 is 5.97 Å². The van der Waals surface area contributed by atoms with Crippen LogP contribution in [0.2, 0.25) is 5.02 Å². The van der Waals surface area contributed by atoms with Gasteiger partial charge in [0.05, 0.1) is 11.1 Å². The third-order valence-corrected chi connectivity index (χ3v) is 4.48. The molecule has 1 saturated carbocycles. The van der Waals surface area contributed by atoms with Gasteiger partial charge in [0.2, 0.25) is 0 Å². The third-order valence-electron chi connectivity index (χ3n) is 4.18. The van der Waals surface area contributed by atoms with Gasteiger partial charge in [-0.15, -0.1) is 0 Å². The van der Waals surface area contributed by atoms with Gasteiger partial charge in [-0.05, 0) is 30.9 Å². The Bertz CT molecular complexity index is 523. The van der Waals surface area contributed by atoms with Crippen LogP contribution in [0.25, 0.3) is 0 Å². The largest absolute Gasteiger partial charge is 0.476 e. The molecule has 3 rings (SSSR count). The number of halogens is 1. The summed E-state index contributed by atoms with van der Waals surface area (Å²) < 4.78 is 0. The lowest BCUT2D eigenvalue weighted by Crippen LogP contribution is -2.25. The number of pyridine rings is 1. The maximum absolute atomic E-state index is 11.0. The molecule has 0 radical (unpaired) electrons. The van der Waals surface area contributed by atoms with Gasteiger partial charge in [0.25, 0.3) is 0 Å². The Hall–Kier alpha value is -1.33. The molecule has 2 N–H and O–H groups in total. The fraction of sp³-hybridized carbons (Fsp3) is 0.538. The number of carboxylic acids is 1. The number of anilines is 1. The van der Waals surface area contributed by atoms with E-state index in [-0.39, 0.29) is 22.7 Å². The summed E-state index contributed by atoms with van der Waals surface area (Å²) in [6, 6.07) is 3.31. The average Bonchev–Trinajstić information content (AvgIpc) is 2.92. The van der Waals surface area contributed by atoms with Crippen LogP contribution in [-0.4, -0.2) is 40.4 Å². The summed E-state index contributed by atoms with van der Waals surface area (Å²) in [7, 11) is 0. The van der Waals surface area contributed by atoms with Gasteiger partial charge in [-0.25, -0.2) is 9.78 Å². The maximum atomic E-state index is 11.0. The lowest BCUT2D eigenvalue weighted by atomic mass is 10.00. The molecule has 1 aromatic heterocycles.